The van der Waals surface area contributed by atoms with Gasteiger partial charge >= 0.3 is 0 Å². The molecule has 2 atom stereocenters. The van der Waals surface area contributed by atoms with E-state index in [2.05, 4.69) is 0 Å². The van der Waals surface area contributed by atoms with Crippen LogP contribution in [0.15, 0.2) is 18.2 Å². The molecule has 0 amide bonds. The van der Waals surface area contributed by atoms with E-state index < -0.39 is 12.2 Å². The van der Waals surface area contributed by atoms with Gasteiger partial charge in [0.15, 0.2) is 0 Å². The minimum Gasteiger partial charge on any atom is -0.390 e. The Morgan fingerprint density at radius 3 is 2.56 bits per heavy atom. The maximum Gasteiger partial charge on any atom is 0.105 e. The van der Waals surface area contributed by atoms with Gasteiger partial charge in [-0.05, 0) is 30.2 Å². The number of aliphatic hydroxyl groups is 2. The first-order chi connectivity index (χ1) is 7.58. The van der Waals surface area contributed by atoms with E-state index in [0.717, 1.165) is 0 Å². The van der Waals surface area contributed by atoms with Crippen molar-refractivity contribution in [1.29, 1.82) is 5.26 Å². The van der Waals surface area contributed by atoms with E-state index >= 15 is 0 Å². The molecule has 3 nitrogen and oxygen atoms in total. The van der Waals surface area contributed by atoms with Crippen molar-refractivity contribution < 1.29 is 10.2 Å². The number of benzene rings is 1. The number of halogens is 2. The summed E-state index contributed by atoms with van der Waals surface area (Å²) in [7, 11) is 0. The van der Waals surface area contributed by atoms with Crippen LogP contribution in [0.25, 0.3) is 0 Å². The van der Waals surface area contributed by atoms with Gasteiger partial charge in [0.1, 0.15) is 6.10 Å². The van der Waals surface area contributed by atoms with Crippen molar-refractivity contribution in [2.75, 3.05) is 5.88 Å². The highest BCUT2D eigenvalue weighted by molar-refractivity contribution is 6.30. The summed E-state index contributed by atoms with van der Waals surface area (Å²) in [6.07, 6.45) is -1.76. The summed E-state index contributed by atoms with van der Waals surface area (Å²) in [5.74, 6) is 0.254. The van der Waals surface area contributed by atoms with Crippen LogP contribution in [0.4, 0.5) is 0 Å². The predicted molar refractivity (Wildman–Crippen MR) is 62.5 cm³/mol. The van der Waals surface area contributed by atoms with E-state index in [4.69, 9.17) is 28.5 Å². The van der Waals surface area contributed by atoms with Gasteiger partial charge < -0.3 is 10.2 Å². The molecule has 0 heterocycles. The molecule has 0 aliphatic rings. The smallest absolute Gasteiger partial charge is 0.105 e. The molecule has 0 fully saturated rings. The molecule has 0 spiro atoms. The summed E-state index contributed by atoms with van der Waals surface area (Å²) in [5.41, 5.74) is 0.765. The number of hydrogen-bond donors (Lipinski definition) is 2. The molecule has 86 valence electrons. The Labute approximate surface area is 104 Å². The fourth-order valence-electron chi connectivity index (χ4n) is 1.34. The number of alkyl halides is 1. The first kappa shape index (κ1) is 13.3. The molecule has 2 N–H and O–H groups in total. The van der Waals surface area contributed by atoms with E-state index in [1.54, 1.807) is 0 Å². The first-order valence-corrected chi connectivity index (χ1v) is 5.62. The number of aliphatic hydroxyl groups excluding tert-OH is 2. The van der Waals surface area contributed by atoms with Crippen LogP contribution in [0.1, 0.15) is 23.7 Å². The average molecular weight is 260 g/mol. The van der Waals surface area contributed by atoms with Crippen LogP contribution < -0.4 is 0 Å². The Morgan fingerprint density at radius 2 is 2.00 bits per heavy atom. The zero-order valence-corrected chi connectivity index (χ0v) is 9.91. The maximum absolute atomic E-state index is 9.79. The van der Waals surface area contributed by atoms with Crippen LogP contribution in [0.2, 0.25) is 5.02 Å². The second-order valence-electron chi connectivity index (χ2n) is 3.37. The lowest BCUT2D eigenvalue weighted by molar-refractivity contribution is 0.0170. The van der Waals surface area contributed by atoms with Crippen molar-refractivity contribution in [2.24, 2.45) is 0 Å². The fourth-order valence-corrected chi connectivity index (χ4v) is 1.81. The molecule has 0 aliphatic heterocycles. The number of hydrogen-bond acceptors (Lipinski definition) is 3. The van der Waals surface area contributed by atoms with E-state index in [-0.39, 0.29) is 12.3 Å². The molecule has 0 saturated heterocycles. The van der Waals surface area contributed by atoms with Crippen LogP contribution >= 0.6 is 23.2 Å². The van der Waals surface area contributed by atoms with Gasteiger partial charge in [-0.15, -0.1) is 11.6 Å². The molecule has 0 saturated carbocycles. The molecule has 1 aromatic rings. The molecule has 0 aliphatic carbocycles. The highest BCUT2D eigenvalue weighted by Gasteiger charge is 2.18. The highest BCUT2D eigenvalue weighted by Crippen LogP contribution is 2.24. The van der Waals surface area contributed by atoms with Crippen LogP contribution in [-0.2, 0) is 0 Å². The van der Waals surface area contributed by atoms with Gasteiger partial charge in [-0.25, -0.2) is 0 Å². The van der Waals surface area contributed by atoms with Crippen LogP contribution in [0.3, 0.4) is 0 Å². The summed E-state index contributed by atoms with van der Waals surface area (Å²) in [6.45, 7) is 0. The quantitative estimate of drug-likeness (QED) is 0.816. The molecule has 0 radical (unpaired) electrons. The first-order valence-electron chi connectivity index (χ1n) is 4.71. The predicted octanol–water partition coefficient (Wildman–Crippen LogP) is 2.23. The Hall–Kier alpha value is -0.790. The molecular formula is C11H11Cl2NO2. The van der Waals surface area contributed by atoms with Crippen LogP contribution in [0.5, 0.6) is 0 Å². The van der Waals surface area contributed by atoms with E-state index in [9.17, 15) is 10.2 Å². The highest BCUT2D eigenvalue weighted by atomic mass is 35.5. The van der Waals surface area contributed by atoms with Crippen molar-refractivity contribution in [3.63, 3.8) is 0 Å². The second-order valence-corrected chi connectivity index (χ2v) is 4.19. The third kappa shape index (κ3) is 3.36. The summed E-state index contributed by atoms with van der Waals surface area (Å²) in [6, 6.07) is 6.43. The largest absolute Gasteiger partial charge is 0.390 e. The van der Waals surface area contributed by atoms with Crippen molar-refractivity contribution in [1.82, 2.24) is 0 Å². The third-order valence-corrected chi connectivity index (χ3v) is 2.60. The van der Waals surface area contributed by atoms with E-state index in [1.807, 2.05) is 6.07 Å². The lowest BCUT2D eigenvalue weighted by Crippen LogP contribution is -2.18. The molecule has 16 heavy (non-hydrogen) atoms. The minimum atomic E-state index is -1.08. The van der Waals surface area contributed by atoms with Gasteiger partial charge in [0.05, 0.1) is 17.7 Å². The van der Waals surface area contributed by atoms with E-state index in [0.29, 0.717) is 16.1 Å². The molecule has 1 rings (SSSR count). The standard InChI is InChI=1S/C11H11Cl2NO2/c12-2-1-10(15)11(16)8-3-7(6-14)4-9(13)5-8/h3-5,10-11,15-16H,1-2H2. The van der Waals surface area contributed by atoms with Crippen molar-refractivity contribution in [3.8, 4) is 6.07 Å². The van der Waals surface area contributed by atoms with Gasteiger partial charge in [0.25, 0.3) is 0 Å². The van der Waals surface area contributed by atoms with Crippen molar-refractivity contribution in [3.05, 3.63) is 34.3 Å². The van der Waals surface area contributed by atoms with Gasteiger partial charge in [-0.2, -0.15) is 5.26 Å². The lowest BCUT2D eigenvalue weighted by atomic mass is 10.0. The van der Waals surface area contributed by atoms with Gasteiger partial charge in [0, 0.05) is 10.9 Å². The summed E-state index contributed by atoms with van der Waals surface area (Å²) in [4.78, 5) is 0. The normalized spacial score (nSPS) is 14.2. The lowest BCUT2D eigenvalue weighted by Gasteiger charge is -2.17. The number of nitrogens with zero attached hydrogens (tertiary/aromatic N) is 1. The molecular weight excluding hydrogens is 249 g/mol. The van der Waals surface area contributed by atoms with Crippen molar-refractivity contribution >= 4 is 23.2 Å². The van der Waals surface area contributed by atoms with Crippen LogP contribution in [0, 0.1) is 11.3 Å². The Balaban J connectivity index is 2.95. The van der Waals surface area contributed by atoms with Gasteiger partial charge in [0.2, 0.25) is 0 Å². The average Bonchev–Trinajstić information content (AvgIpc) is 2.27. The number of nitriles is 1. The zero-order valence-electron chi connectivity index (χ0n) is 8.40. The Morgan fingerprint density at radius 1 is 1.31 bits per heavy atom. The Kier molecular flexibility index (Phi) is 5.04. The van der Waals surface area contributed by atoms with Gasteiger partial charge in [-0.3, -0.25) is 0 Å². The summed E-state index contributed by atoms with van der Waals surface area (Å²) < 4.78 is 0. The summed E-state index contributed by atoms with van der Waals surface area (Å²) in [5, 5.41) is 28.4. The number of rotatable bonds is 4. The second kappa shape index (κ2) is 6.07. The molecule has 2 unspecified atom stereocenters. The zero-order chi connectivity index (χ0) is 12.1. The molecule has 1 aromatic carbocycles. The SMILES string of the molecule is N#Cc1cc(Cl)cc(C(O)C(O)CCCl)c1. The third-order valence-electron chi connectivity index (χ3n) is 2.16. The minimum absolute atomic E-state index is 0.254. The van der Waals surface area contributed by atoms with Crippen molar-refractivity contribution in [2.45, 2.75) is 18.6 Å². The molecule has 0 bridgehead atoms. The maximum atomic E-state index is 9.79. The van der Waals surface area contributed by atoms with E-state index in [1.165, 1.54) is 18.2 Å². The summed E-state index contributed by atoms with van der Waals surface area (Å²) >= 11 is 11.3. The topological polar surface area (TPSA) is 64.2 Å². The Bertz CT molecular complexity index is 403. The molecule has 5 heteroatoms. The van der Waals surface area contributed by atoms with Gasteiger partial charge in [-0.1, -0.05) is 11.6 Å². The monoisotopic (exact) mass is 259 g/mol. The molecule has 0 aromatic heterocycles. The fraction of sp³-hybridized carbons (Fsp3) is 0.364. The van der Waals surface area contributed by atoms with Crippen LogP contribution in [-0.4, -0.2) is 22.2 Å².